The number of hydrogen-bond acceptors (Lipinski definition) is 5. The van der Waals surface area contributed by atoms with Crippen LogP contribution in [-0.4, -0.2) is 18.0 Å². The Labute approximate surface area is 153 Å². The van der Waals surface area contributed by atoms with E-state index in [1.807, 2.05) is 6.07 Å². The maximum absolute atomic E-state index is 12.3. The molecule has 1 aliphatic rings. The Morgan fingerprint density at radius 3 is 2.76 bits per heavy atom. The van der Waals surface area contributed by atoms with Crippen LogP contribution in [0.1, 0.15) is 64.4 Å². The van der Waals surface area contributed by atoms with Crippen molar-refractivity contribution in [1.82, 2.24) is 0 Å². The number of amides is 1. The molecule has 0 radical (unpaired) electrons. The lowest BCUT2D eigenvalue weighted by Gasteiger charge is -2.27. The molecule has 0 bridgehead atoms. The molecule has 1 saturated carbocycles. The zero-order valence-electron chi connectivity index (χ0n) is 14.9. The third kappa shape index (κ3) is 5.57. The van der Waals surface area contributed by atoms with Crippen LogP contribution in [0.2, 0.25) is 0 Å². The van der Waals surface area contributed by atoms with Crippen molar-refractivity contribution in [3.05, 3.63) is 17.0 Å². The van der Waals surface area contributed by atoms with Crippen LogP contribution < -0.4 is 5.32 Å². The molecule has 1 atom stereocenters. The molecule has 25 heavy (non-hydrogen) atoms. The fraction of sp³-hybridized carbons (Fsp3) is 0.632. The van der Waals surface area contributed by atoms with Crippen molar-refractivity contribution >= 4 is 28.2 Å². The molecule has 1 aromatic rings. The van der Waals surface area contributed by atoms with E-state index in [-0.39, 0.29) is 11.9 Å². The van der Waals surface area contributed by atoms with E-state index in [1.54, 1.807) is 18.4 Å². The van der Waals surface area contributed by atoms with Crippen LogP contribution in [0.5, 0.6) is 0 Å². The minimum Gasteiger partial charge on any atom is -0.452 e. The summed E-state index contributed by atoms with van der Waals surface area (Å²) in [5.41, 5.74) is 0.419. The number of hydrogen-bond donors (Lipinski definition) is 1. The van der Waals surface area contributed by atoms with Gasteiger partial charge < -0.3 is 10.1 Å². The van der Waals surface area contributed by atoms with Crippen molar-refractivity contribution in [2.45, 2.75) is 64.9 Å². The van der Waals surface area contributed by atoms with E-state index in [9.17, 15) is 9.59 Å². The molecular weight excluding hydrogens is 336 g/mol. The van der Waals surface area contributed by atoms with Crippen LogP contribution in [0.25, 0.3) is 0 Å². The standard InChI is InChI=1S/C19H26N2O3S/c1-3-4-5-14-6-8-15(9-7-14)19(23)24-13(2)17(22)21-18-16(12-20)10-11-25-18/h10-11,13-15H,3-9H2,1-2H3,(H,21,22)/t13-,14?,15?/m0/s1. The van der Waals surface area contributed by atoms with Crippen molar-refractivity contribution < 1.29 is 14.3 Å². The average molecular weight is 362 g/mol. The molecule has 0 unspecified atom stereocenters. The Balaban J connectivity index is 1.78. The number of ether oxygens (including phenoxy) is 1. The molecular formula is C19H26N2O3S. The lowest BCUT2D eigenvalue weighted by atomic mass is 9.80. The van der Waals surface area contributed by atoms with Gasteiger partial charge in [0, 0.05) is 0 Å². The van der Waals surface area contributed by atoms with E-state index >= 15 is 0 Å². The molecule has 0 saturated heterocycles. The lowest BCUT2D eigenvalue weighted by molar-refractivity contribution is -0.158. The Bertz CT molecular complexity index is 627. The summed E-state index contributed by atoms with van der Waals surface area (Å²) in [5, 5.41) is 13.9. The Morgan fingerprint density at radius 1 is 1.40 bits per heavy atom. The summed E-state index contributed by atoms with van der Waals surface area (Å²) in [6.07, 6.45) is 6.70. The van der Waals surface area contributed by atoms with E-state index in [1.165, 1.54) is 30.6 Å². The summed E-state index contributed by atoms with van der Waals surface area (Å²) in [6.45, 7) is 3.77. The predicted octanol–water partition coefficient (Wildman–Crippen LogP) is 4.49. The monoisotopic (exact) mass is 362 g/mol. The van der Waals surface area contributed by atoms with Gasteiger partial charge in [-0.1, -0.05) is 26.2 Å². The maximum Gasteiger partial charge on any atom is 0.309 e. The van der Waals surface area contributed by atoms with Crippen molar-refractivity contribution in [3.63, 3.8) is 0 Å². The Kier molecular flexibility index (Phi) is 7.45. The highest BCUT2D eigenvalue weighted by molar-refractivity contribution is 7.14. The van der Waals surface area contributed by atoms with Crippen LogP contribution in [0.3, 0.4) is 0 Å². The second-order valence-corrected chi connectivity index (χ2v) is 7.62. The summed E-state index contributed by atoms with van der Waals surface area (Å²) >= 11 is 1.28. The molecule has 1 fully saturated rings. The lowest BCUT2D eigenvalue weighted by Crippen LogP contribution is -2.33. The van der Waals surface area contributed by atoms with E-state index in [0.29, 0.717) is 10.6 Å². The third-order valence-electron chi connectivity index (χ3n) is 4.83. The van der Waals surface area contributed by atoms with Gasteiger partial charge >= 0.3 is 5.97 Å². The number of nitrogens with zero attached hydrogens (tertiary/aromatic N) is 1. The van der Waals surface area contributed by atoms with Gasteiger partial charge in [0.2, 0.25) is 0 Å². The molecule has 0 aliphatic heterocycles. The fourth-order valence-corrected chi connectivity index (χ4v) is 3.95. The van der Waals surface area contributed by atoms with Crippen molar-refractivity contribution in [1.29, 1.82) is 5.26 Å². The molecule has 0 aromatic carbocycles. The summed E-state index contributed by atoms with van der Waals surface area (Å²) < 4.78 is 5.36. The Hall–Kier alpha value is -1.87. The number of rotatable bonds is 7. The number of nitriles is 1. The van der Waals surface area contributed by atoms with Crippen molar-refractivity contribution in [3.8, 4) is 6.07 Å². The SMILES string of the molecule is CCCCC1CCC(C(=O)O[C@@H](C)C(=O)Nc2sccc2C#N)CC1. The zero-order valence-corrected chi connectivity index (χ0v) is 15.7. The van der Waals surface area contributed by atoms with Crippen LogP contribution in [0.15, 0.2) is 11.4 Å². The smallest absolute Gasteiger partial charge is 0.309 e. The van der Waals surface area contributed by atoms with Crippen LogP contribution >= 0.6 is 11.3 Å². The number of carbonyl (C=O) groups excluding carboxylic acids is 2. The zero-order chi connectivity index (χ0) is 18.2. The molecule has 1 aliphatic carbocycles. The molecule has 5 nitrogen and oxygen atoms in total. The third-order valence-corrected chi connectivity index (χ3v) is 5.66. The highest BCUT2D eigenvalue weighted by atomic mass is 32.1. The van der Waals surface area contributed by atoms with Gasteiger partial charge in [-0.25, -0.2) is 0 Å². The van der Waals surface area contributed by atoms with Crippen LogP contribution in [-0.2, 0) is 14.3 Å². The van der Waals surface area contributed by atoms with E-state index in [4.69, 9.17) is 10.00 Å². The normalized spacial score (nSPS) is 21.2. The molecule has 1 N–H and O–H groups in total. The predicted molar refractivity (Wildman–Crippen MR) is 98.2 cm³/mol. The second kappa shape index (κ2) is 9.57. The summed E-state index contributed by atoms with van der Waals surface area (Å²) in [7, 11) is 0. The highest BCUT2D eigenvalue weighted by Crippen LogP contribution is 2.32. The average Bonchev–Trinajstić information content (AvgIpc) is 3.07. The van der Waals surface area contributed by atoms with Gasteiger partial charge in [-0.3, -0.25) is 9.59 Å². The number of nitrogens with one attached hydrogen (secondary N) is 1. The van der Waals surface area contributed by atoms with Gasteiger partial charge in [0.05, 0.1) is 11.5 Å². The van der Waals surface area contributed by atoms with Gasteiger partial charge in [-0.05, 0) is 50.0 Å². The molecule has 0 spiro atoms. The number of anilines is 1. The van der Waals surface area contributed by atoms with Crippen molar-refractivity contribution in [2.75, 3.05) is 5.32 Å². The second-order valence-electron chi connectivity index (χ2n) is 6.70. The highest BCUT2D eigenvalue weighted by Gasteiger charge is 2.29. The molecule has 1 amide bonds. The maximum atomic E-state index is 12.3. The van der Waals surface area contributed by atoms with E-state index in [2.05, 4.69) is 12.2 Å². The summed E-state index contributed by atoms with van der Waals surface area (Å²) in [5.74, 6) is -0.0373. The van der Waals surface area contributed by atoms with Crippen LogP contribution in [0.4, 0.5) is 5.00 Å². The fourth-order valence-electron chi connectivity index (χ4n) is 3.21. The first-order chi connectivity index (χ1) is 12.0. The minimum atomic E-state index is -0.862. The minimum absolute atomic E-state index is 0.0930. The molecule has 1 aromatic heterocycles. The first-order valence-electron chi connectivity index (χ1n) is 9.04. The van der Waals surface area contributed by atoms with E-state index < -0.39 is 12.0 Å². The van der Waals surface area contributed by atoms with E-state index in [0.717, 1.165) is 31.6 Å². The summed E-state index contributed by atoms with van der Waals surface area (Å²) in [6, 6.07) is 3.67. The number of unbranched alkanes of at least 4 members (excludes halogenated alkanes) is 1. The van der Waals surface area contributed by atoms with Gasteiger partial charge in [0.15, 0.2) is 6.10 Å². The van der Waals surface area contributed by atoms with Gasteiger partial charge in [0.1, 0.15) is 11.1 Å². The quantitative estimate of drug-likeness (QED) is 0.725. The first-order valence-corrected chi connectivity index (χ1v) is 9.92. The Morgan fingerprint density at radius 2 is 2.12 bits per heavy atom. The molecule has 136 valence electrons. The first kappa shape index (κ1) is 19.5. The largest absolute Gasteiger partial charge is 0.452 e. The number of esters is 1. The molecule has 2 rings (SSSR count). The van der Waals surface area contributed by atoms with Crippen LogP contribution in [0, 0.1) is 23.2 Å². The van der Waals surface area contributed by atoms with Gasteiger partial charge in [-0.2, -0.15) is 5.26 Å². The van der Waals surface area contributed by atoms with Gasteiger partial charge in [0.25, 0.3) is 5.91 Å². The number of carbonyl (C=O) groups is 2. The van der Waals surface area contributed by atoms with Crippen molar-refractivity contribution in [2.24, 2.45) is 11.8 Å². The molecule has 6 heteroatoms. The topological polar surface area (TPSA) is 79.2 Å². The number of thiophene rings is 1. The molecule has 1 heterocycles. The summed E-state index contributed by atoms with van der Waals surface area (Å²) in [4.78, 5) is 24.5. The van der Waals surface area contributed by atoms with Gasteiger partial charge in [-0.15, -0.1) is 11.3 Å².